The van der Waals surface area contributed by atoms with Crippen LogP contribution in [0.3, 0.4) is 0 Å². The molecule has 0 amide bonds. The van der Waals surface area contributed by atoms with Crippen molar-refractivity contribution in [1.29, 1.82) is 0 Å². The Balaban J connectivity index is 0.00000161. The Bertz CT molecular complexity index is 667. The van der Waals surface area contributed by atoms with Crippen LogP contribution in [0.1, 0.15) is 17.6 Å². The van der Waals surface area contributed by atoms with E-state index >= 15 is 0 Å². The van der Waals surface area contributed by atoms with Crippen LogP contribution in [0.2, 0.25) is 0 Å². The Kier molecular flexibility index (Phi) is 4.96. The number of halogens is 1. The molecule has 0 bridgehead atoms. The molecule has 3 rings (SSSR count). The molecule has 0 aliphatic heterocycles. The third-order valence-electron chi connectivity index (χ3n) is 3.28. The molecule has 0 spiro atoms. The highest BCUT2D eigenvalue weighted by Gasteiger charge is 2.22. The number of rotatable bonds is 4. The van der Waals surface area contributed by atoms with Gasteiger partial charge in [-0.2, -0.15) is 0 Å². The maximum Gasteiger partial charge on any atom is 0.225 e. The van der Waals surface area contributed by atoms with Crippen molar-refractivity contribution in [2.24, 2.45) is 5.73 Å². The fourth-order valence-electron chi connectivity index (χ4n) is 2.20. The van der Waals surface area contributed by atoms with Crippen molar-refractivity contribution in [3.05, 3.63) is 66.1 Å². The van der Waals surface area contributed by atoms with Crippen LogP contribution >= 0.6 is 12.4 Å². The fourth-order valence-corrected chi connectivity index (χ4v) is 2.20. The van der Waals surface area contributed by atoms with E-state index in [0.29, 0.717) is 12.0 Å². The predicted molar refractivity (Wildman–Crippen MR) is 84.3 cm³/mol. The lowest BCUT2D eigenvalue weighted by molar-refractivity contribution is 0.117. The van der Waals surface area contributed by atoms with Crippen LogP contribution in [-0.4, -0.2) is 16.1 Å². The summed E-state index contributed by atoms with van der Waals surface area (Å²) < 4.78 is 5.55. The van der Waals surface area contributed by atoms with Crippen LogP contribution in [0.25, 0.3) is 11.1 Å². The van der Waals surface area contributed by atoms with Gasteiger partial charge in [-0.1, -0.05) is 42.5 Å². The topological polar surface area (TPSA) is 72.3 Å². The van der Waals surface area contributed by atoms with Gasteiger partial charge in [0.1, 0.15) is 11.6 Å². The Morgan fingerprint density at radius 3 is 2.43 bits per heavy atom. The molecular weight excluding hydrogens is 288 g/mol. The summed E-state index contributed by atoms with van der Waals surface area (Å²) in [4.78, 5) is 4.28. The molecule has 0 saturated heterocycles. The molecule has 0 aliphatic rings. The van der Waals surface area contributed by atoms with Crippen LogP contribution < -0.4 is 5.73 Å². The largest absolute Gasteiger partial charge is 0.438 e. The second kappa shape index (κ2) is 6.72. The van der Waals surface area contributed by atoms with Gasteiger partial charge in [0, 0.05) is 6.04 Å². The van der Waals surface area contributed by atoms with E-state index in [1.807, 2.05) is 54.6 Å². The third-order valence-corrected chi connectivity index (χ3v) is 3.28. The monoisotopic (exact) mass is 304 g/mol. The van der Waals surface area contributed by atoms with E-state index in [9.17, 15) is 5.11 Å². The summed E-state index contributed by atoms with van der Waals surface area (Å²) in [6.45, 7) is 0. The number of aliphatic hydroxyl groups excluding tert-OH is 1. The van der Waals surface area contributed by atoms with E-state index in [0.717, 1.165) is 11.1 Å². The van der Waals surface area contributed by atoms with Gasteiger partial charge in [0.15, 0.2) is 5.58 Å². The summed E-state index contributed by atoms with van der Waals surface area (Å²) in [7, 11) is 0. The minimum absolute atomic E-state index is 0. The highest BCUT2D eigenvalue weighted by atomic mass is 35.5. The first-order valence-electron chi connectivity index (χ1n) is 6.57. The summed E-state index contributed by atoms with van der Waals surface area (Å²) in [5.74, 6) is 0.273. The number of hydrogen-bond donors (Lipinski definition) is 2. The van der Waals surface area contributed by atoms with Crippen molar-refractivity contribution in [2.75, 3.05) is 0 Å². The van der Waals surface area contributed by atoms with Crippen LogP contribution in [0.15, 0.2) is 59.0 Å². The van der Waals surface area contributed by atoms with E-state index in [1.165, 1.54) is 0 Å². The van der Waals surface area contributed by atoms with Crippen LogP contribution in [-0.2, 0) is 6.42 Å². The standard InChI is InChI=1S/C16H16N2O2.ClH/c17-12(10-11-6-2-1-3-7-11)15(19)16-18-13-8-4-5-9-14(13)20-16;/h1-9,12,15,19H,10,17H2;1H/t12-,15?;/m0./s1. The number of fused-ring (bicyclic) bond motifs is 1. The zero-order valence-electron chi connectivity index (χ0n) is 11.3. The molecule has 110 valence electrons. The number of para-hydroxylation sites is 2. The van der Waals surface area contributed by atoms with Crippen molar-refractivity contribution >= 4 is 23.5 Å². The van der Waals surface area contributed by atoms with Gasteiger partial charge >= 0.3 is 0 Å². The number of nitrogens with zero attached hydrogens (tertiary/aromatic N) is 1. The lowest BCUT2D eigenvalue weighted by atomic mass is 10.0. The van der Waals surface area contributed by atoms with Crippen molar-refractivity contribution < 1.29 is 9.52 Å². The van der Waals surface area contributed by atoms with Gasteiger partial charge in [-0.15, -0.1) is 12.4 Å². The second-order valence-corrected chi connectivity index (χ2v) is 4.82. The highest BCUT2D eigenvalue weighted by Crippen LogP contribution is 2.22. The van der Waals surface area contributed by atoms with Gasteiger partial charge in [-0.25, -0.2) is 4.98 Å². The first-order valence-corrected chi connectivity index (χ1v) is 6.57. The molecular formula is C16H17ClN2O2. The molecule has 1 unspecified atom stereocenters. The minimum Gasteiger partial charge on any atom is -0.438 e. The summed E-state index contributed by atoms with van der Waals surface area (Å²) in [6.07, 6.45) is -0.344. The van der Waals surface area contributed by atoms with E-state index in [4.69, 9.17) is 10.2 Å². The number of benzene rings is 2. The highest BCUT2D eigenvalue weighted by molar-refractivity contribution is 5.85. The molecule has 0 fully saturated rings. The molecule has 1 heterocycles. The van der Waals surface area contributed by atoms with Gasteiger partial charge in [0.2, 0.25) is 5.89 Å². The Labute approximate surface area is 129 Å². The van der Waals surface area contributed by atoms with Crippen LogP contribution in [0, 0.1) is 0 Å². The van der Waals surface area contributed by atoms with Gasteiger partial charge in [-0.05, 0) is 24.1 Å². The summed E-state index contributed by atoms with van der Waals surface area (Å²) in [5.41, 5.74) is 8.52. The molecule has 5 heteroatoms. The first kappa shape index (κ1) is 15.5. The Hall–Kier alpha value is -1.88. The molecule has 3 aromatic rings. The lowest BCUT2D eigenvalue weighted by Gasteiger charge is -2.15. The summed E-state index contributed by atoms with van der Waals surface area (Å²) >= 11 is 0. The Morgan fingerprint density at radius 1 is 1.05 bits per heavy atom. The average Bonchev–Trinajstić information content (AvgIpc) is 2.91. The first-order chi connectivity index (χ1) is 9.74. The molecule has 0 saturated carbocycles. The van der Waals surface area contributed by atoms with Crippen LogP contribution in [0.4, 0.5) is 0 Å². The number of nitrogens with two attached hydrogens (primary N) is 1. The molecule has 0 radical (unpaired) electrons. The quantitative estimate of drug-likeness (QED) is 0.777. The molecule has 2 atom stereocenters. The number of oxazole rings is 1. The Morgan fingerprint density at radius 2 is 1.71 bits per heavy atom. The smallest absolute Gasteiger partial charge is 0.225 e. The number of aliphatic hydroxyl groups is 1. The normalized spacial score (nSPS) is 13.6. The minimum atomic E-state index is -0.914. The van der Waals surface area contributed by atoms with Crippen molar-refractivity contribution in [2.45, 2.75) is 18.6 Å². The second-order valence-electron chi connectivity index (χ2n) is 4.82. The van der Waals surface area contributed by atoms with E-state index in [2.05, 4.69) is 4.98 Å². The molecule has 0 aliphatic carbocycles. The maximum atomic E-state index is 10.3. The molecule has 2 aromatic carbocycles. The SMILES string of the molecule is Cl.N[C@@H](Cc1ccccc1)C(O)c1nc2ccccc2o1. The molecule has 4 nitrogen and oxygen atoms in total. The molecule has 21 heavy (non-hydrogen) atoms. The predicted octanol–water partition coefficient (Wildman–Crippen LogP) is 2.85. The average molecular weight is 305 g/mol. The van der Waals surface area contributed by atoms with E-state index in [-0.39, 0.29) is 18.3 Å². The van der Waals surface area contributed by atoms with Gasteiger partial charge in [0.05, 0.1) is 0 Å². The van der Waals surface area contributed by atoms with Crippen LogP contribution in [0.5, 0.6) is 0 Å². The third kappa shape index (κ3) is 3.42. The summed E-state index contributed by atoms with van der Waals surface area (Å²) in [6, 6.07) is 16.8. The van der Waals surface area contributed by atoms with Crippen molar-refractivity contribution in [3.63, 3.8) is 0 Å². The molecule has 1 aromatic heterocycles. The van der Waals surface area contributed by atoms with E-state index < -0.39 is 12.1 Å². The number of hydrogen-bond acceptors (Lipinski definition) is 4. The number of aromatic nitrogens is 1. The van der Waals surface area contributed by atoms with Gasteiger partial charge in [-0.3, -0.25) is 0 Å². The summed E-state index contributed by atoms with van der Waals surface area (Å²) in [5, 5.41) is 10.3. The van der Waals surface area contributed by atoms with Gasteiger partial charge < -0.3 is 15.3 Å². The van der Waals surface area contributed by atoms with Crippen molar-refractivity contribution in [3.8, 4) is 0 Å². The lowest BCUT2D eigenvalue weighted by Crippen LogP contribution is -2.30. The zero-order chi connectivity index (χ0) is 13.9. The van der Waals surface area contributed by atoms with E-state index in [1.54, 1.807) is 0 Å². The van der Waals surface area contributed by atoms with Crippen molar-refractivity contribution in [1.82, 2.24) is 4.98 Å². The van der Waals surface area contributed by atoms with Gasteiger partial charge in [0.25, 0.3) is 0 Å². The fraction of sp³-hybridized carbons (Fsp3) is 0.188. The maximum absolute atomic E-state index is 10.3. The zero-order valence-corrected chi connectivity index (χ0v) is 12.2. The molecule has 3 N–H and O–H groups in total.